The zero-order valence-corrected chi connectivity index (χ0v) is 11.8. The lowest BCUT2D eigenvalue weighted by atomic mass is 9.88. The van der Waals surface area contributed by atoms with Crippen LogP contribution in [0.15, 0.2) is 60.7 Å². The molecule has 2 aromatic rings. The summed E-state index contributed by atoms with van der Waals surface area (Å²) < 4.78 is 0. The first-order valence-electron chi connectivity index (χ1n) is 7.17. The predicted molar refractivity (Wildman–Crippen MR) is 83.6 cm³/mol. The van der Waals surface area contributed by atoms with Crippen molar-refractivity contribution in [3.05, 3.63) is 66.2 Å². The highest BCUT2D eigenvalue weighted by molar-refractivity contribution is 5.44. The molecular weight excluding hydrogens is 230 g/mol. The summed E-state index contributed by atoms with van der Waals surface area (Å²) in [6.45, 7) is 4.53. The van der Waals surface area contributed by atoms with Gasteiger partial charge in [-0.05, 0) is 31.0 Å². The first kappa shape index (κ1) is 13.7. The molecule has 19 heavy (non-hydrogen) atoms. The second-order valence-corrected chi connectivity index (χ2v) is 5.10. The van der Waals surface area contributed by atoms with Gasteiger partial charge in [-0.1, -0.05) is 61.9 Å². The fraction of sp³-hybridized carbons (Fsp3) is 0.333. The smallest absolute Gasteiger partial charge is 0.0342 e. The molecule has 0 bridgehead atoms. The summed E-state index contributed by atoms with van der Waals surface area (Å²) in [6, 6.07) is 21.7. The predicted octanol–water partition coefficient (Wildman–Crippen LogP) is 5.07. The molecule has 1 heteroatoms. The minimum Gasteiger partial charge on any atom is -0.382 e. The summed E-state index contributed by atoms with van der Waals surface area (Å²) in [7, 11) is 0. The molecule has 1 nitrogen and oxygen atoms in total. The van der Waals surface area contributed by atoms with Gasteiger partial charge in [-0.2, -0.15) is 0 Å². The monoisotopic (exact) mass is 253 g/mol. The Balaban J connectivity index is 2.11. The first-order valence-corrected chi connectivity index (χ1v) is 7.17. The molecule has 0 aliphatic rings. The minimum absolute atomic E-state index is 0.435. The number of hydrogen-bond donors (Lipinski definition) is 1. The Hall–Kier alpha value is -1.76. The molecule has 0 unspecified atom stereocenters. The van der Waals surface area contributed by atoms with Crippen LogP contribution in [0.2, 0.25) is 0 Å². The Morgan fingerprint density at radius 2 is 1.47 bits per heavy atom. The minimum atomic E-state index is 0.435. The molecule has 0 aromatic heterocycles. The lowest BCUT2D eigenvalue weighted by molar-refractivity contribution is 0.548. The number of hydrogen-bond acceptors (Lipinski definition) is 1. The maximum atomic E-state index is 3.63. The van der Waals surface area contributed by atoms with Crippen LogP contribution in [0.4, 0.5) is 5.69 Å². The highest BCUT2D eigenvalue weighted by Crippen LogP contribution is 2.27. The van der Waals surface area contributed by atoms with Crippen molar-refractivity contribution < 1.29 is 0 Å². The van der Waals surface area contributed by atoms with Crippen LogP contribution in [0, 0.1) is 0 Å². The van der Waals surface area contributed by atoms with E-state index in [0.29, 0.717) is 12.0 Å². The summed E-state index contributed by atoms with van der Waals surface area (Å²) in [4.78, 5) is 0. The number of anilines is 1. The van der Waals surface area contributed by atoms with Crippen LogP contribution in [0.3, 0.4) is 0 Å². The van der Waals surface area contributed by atoms with Crippen molar-refractivity contribution in [2.75, 3.05) is 5.32 Å². The Kier molecular flexibility index (Phi) is 5.02. The van der Waals surface area contributed by atoms with Gasteiger partial charge >= 0.3 is 0 Å². The van der Waals surface area contributed by atoms with Crippen LogP contribution in [0.1, 0.15) is 38.2 Å². The normalized spacial score (nSPS) is 13.8. The number of nitrogens with one attached hydrogen (secondary N) is 1. The summed E-state index contributed by atoms with van der Waals surface area (Å²) in [5.41, 5.74) is 2.63. The molecule has 0 amide bonds. The highest BCUT2D eigenvalue weighted by atomic mass is 14.9. The van der Waals surface area contributed by atoms with Crippen molar-refractivity contribution in [3.8, 4) is 0 Å². The van der Waals surface area contributed by atoms with Gasteiger partial charge < -0.3 is 5.32 Å². The quantitative estimate of drug-likeness (QED) is 0.757. The van der Waals surface area contributed by atoms with Gasteiger partial charge in [-0.3, -0.25) is 0 Å². The SMILES string of the molecule is CCC[C@@H](c1ccccc1)[C@H](C)Nc1ccccc1. The van der Waals surface area contributed by atoms with E-state index in [0.717, 1.165) is 0 Å². The Bertz CT molecular complexity index is 464. The molecule has 0 saturated heterocycles. The van der Waals surface area contributed by atoms with E-state index in [1.165, 1.54) is 24.1 Å². The van der Waals surface area contributed by atoms with E-state index in [4.69, 9.17) is 0 Å². The molecular formula is C18H23N. The van der Waals surface area contributed by atoms with Gasteiger partial charge in [0, 0.05) is 17.6 Å². The third-order valence-electron chi connectivity index (χ3n) is 3.60. The van der Waals surface area contributed by atoms with Crippen molar-refractivity contribution in [1.82, 2.24) is 0 Å². The van der Waals surface area contributed by atoms with Crippen molar-refractivity contribution >= 4 is 5.69 Å². The zero-order chi connectivity index (χ0) is 13.5. The maximum absolute atomic E-state index is 3.63. The molecule has 0 aliphatic heterocycles. The largest absolute Gasteiger partial charge is 0.382 e. The standard InChI is InChI=1S/C18H23N/c1-3-10-18(16-11-6-4-7-12-16)15(2)19-17-13-8-5-9-14-17/h4-9,11-15,18-19H,3,10H2,1-2H3/t15-,18+/m0/s1. The molecule has 0 radical (unpaired) electrons. The second-order valence-electron chi connectivity index (χ2n) is 5.10. The van der Waals surface area contributed by atoms with E-state index < -0.39 is 0 Å². The van der Waals surface area contributed by atoms with Crippen LogP contribution in [0.5, 0.6) is 0 Å². The Morgan fingerprint density at radius 3 is 2.05 bits per heavy atom. The fourth-order valence-corrected chi connectivity index (χ4v) is 2.61. The van der Waals surface area contributed by atoms with E-state index >= 15 is 0 Å². The van der Waals surface area contributed by atoms with E-state index in [2.05, 4.69) is 79.8 Å². The third kappa shape index (κ3) is 3.85. The van der Waals surface area contributed by atoms with Gasteiger partial charge in [-0.25, -0.2) is 0 Å². The van der Waals surface area contributed by atoms with Crippen molar-refractivity contribution in [2.45, 2.75) is 38.6 Å². The summed E-state index contributed by atoms with van der Waals surface area (Å²) in [5, 5.41) is 3.63. The molecule has 2 atom stereocenters. The topological polar surface area (TPSA) is 12.0 Å². The fourth-order valence-electron chi connectivity index (χ4n) is 2.61. The lowest BCUT2D eigenvalue weighted by Crippen LogP contribution is -2.24. The van der Waals surface area contributed by atoms with Gasteiger partial charge in [0.1, 0.15) is 0 Å². The van der Waals surface area contributed by atoms with Crippen LogP contribution in [-0.4, -0.2) is 6.04 Å². The Morgan fingerprint density at radius 1 is 0.895 bits per heavy atom. The van der Waals surface area contributed by atoms with Crippen LogP contribution < -0.4 is 5.32 Å². The maximum Gasteiger partial charge on any atom is 0.0342 e. The Labute approximate surface area is 116 Å². The van der Waals surface area contributed by atoms with Crippen LogP contribution >= 0.6 is 0 Å². The van der Waals surface area contributed by atoms with Crippen LogP contribution in [-0.2, 0) is 0 Å². The molecule has 0 heterocycles. The number of rotatable bonds is 6. The van der Waals surface area contributed by atoms with Gasteiger partial charge in [0.2, 0.25) is 0 Å². The summed E-state index contributed by atoms with van der Waals surface area (Å²) in [5.74, 6) is 0.561. The van der Waals surface area contributed by atoms with Crippen molar-refractivity contribution in [1.29, 1.82) is 0 Å². The average molecular weight is 253 g/mol. The molecule has 100 valence electrons. The molecule has 0 saturated carbocycles. The van der Waals surface area contributed by atoms with E-state index in [-0.39, 0.29) is 0 Å². The first-order chi connectivity index (χ1) is 9.31. The van der Waals surface area contributed by atoms with Gasteiger partial charge in [0.05, 0.1) is 0 Å². The van der Waals surface area contributed by atoms with Gasteiger partial charge in [0.25, 0.3) is 0 Å². The molecule has 2 aromatic carbocycles. The van der Waals surface area contributed by atoms with E-state index in [1.54, 1.807) is 0 Å². The molecule has 1 N–H and O–H groups in total. The third-order valence-corrected chi connectivity index (χ3v) is 3.60. The second kappa shape index (κ2) is 6.98. The molecule has 0 spiro atoms. The highest BCUT2D eigenvalue weighted by Gasteiger charge is 2.18. The number of benzene rings is 2. The van der Waals surface area contributed by atoms with E-state index in [1.807, 2.05) is 0 Å². The van der Waals surface area contributed by atoms with Gasteiger partial charge in [-0.15, -0.1) is 0 Å². The molecule has 0 fully saturated rings. The molecule has 2 rings (SSSR count). The average Bonchev–Trinajstić information content (AvgIpc) is 2.46. The zero-order valence-electron chi connectivity index (χ0n) is 11.8. The lowest BCUT2D eigenvalue weighted by Gasteiger charge is -2.26. The summed E-state index contributed by atoms with van der Waals surface area (Å²) in [6.07, 6.45) is 2.42. The van der Waals surface area contributed by atoms with Crippen LogP contribution in [0.25, 0.3) is 0 Å². The van der Waals surface area contributed by atoms with E-state index in [9.17, 15) is 0 Å². The van der Waals surface area contributed by atoms with Crippen molar-refractivity contribution in [3.63, 3.8) is 0 Å². The molecule has 0 aliphatic carbocycles. The number of para-hydroxylation sites is 1. The summed E-state index contributed by atoms with van der Waals surface area (Å²) >= 11 is 0. The van der Waals surface area contributed by atoms with Gasteiger partial charge in [0.15, 0.2) is 0 Å². The van der Waals surface area contributed by atoms with Crippen molar-refractivity contribution in [2.24, 2.45) is 0 Å².